The summed E-state index contributed by atoms with van der Waals surface area (Å²) in [5.74, 6) is 0.650. The quantitative estimate of drug-likeness (QED) is 0.680. The lowest BCUT2D eigenvalue weighted by atomic mass is 10.4. The van der Waals surface area contributed by atoms with Gasteiger partial charge in [0.15, 0.2) is 0 Å². The van der Waals surface area contributed by atoms with E-state index in [1.165, 1.54) is 6.33 Å². The van der Waals surface area contributed by atoms with Crippen LogP contribution in [0.5, 0.6) is 0 Å². The van der Waals surface area contributed by atoms with Gasteiger partial charge in [0.05, 0.1) is 19.8 Å². The third kappa shape index (κ3) is 2.66. The topological polar surface area (TPSA) is 83.1 Å². The molecule has 2 rings (SSSR count). The maximum Gasteiger partial charge on any atom is 0.317 e. The summed E-state index contributed by atoms with van der Waals surface area (Å²) < 4.78 is 5.15. The smallest absolute Gasteiger partial charge is 0.317 e. The van der Waals surface area contributed by atoms with Crippen LogP contribution in [0.1, 0.15) is 5.82 Å². The Morgan fingerprint density at radius 2 is 2.40 bits per heavy atom. The molecule has 1 aliphatic rings. The summed E-state index contributed by atoms with van der Waals surface area (Å²) in [6, 6.07) is -0.0882. The maximum absolute atomic E-state index is 11.6. The third-order valence-corrected chi connectivity index (χ3v) is 2.17. The molecule has 2 N–H and O–H groups in total. The highest BCUT2D eigenvalue weighted by Crippen LogP contribution is 1.97. The summed E-state index contributed by atoms with van der Waals surface area (Å²) in [6.07, 6.45) is 1.41. The van der Waals surface area contributed by atoms with Crippen molar-refractivity contribution >= 4 is 6.03 Å². The molecule has 1 saturated heterocycles. The van der Waals surface area contributed by atoms with Gasteiger partial charge in [0.2, 0.25) is 0 Å². The van der Waals surface area contributed by atoms with E-state index in [0.29, 0.717) is 38.7 Å². The van der Waals surface area contributed by atoms with Gasteiger partial charge in [-0.3, -0.25) is 5.10 Å². The number of hydrogen-bond acceptors (Lipinski definition) is 4. The summed E-state index contributed by atoms with van der Waals surface area (Å²) in [5, 5.41) is 9.12. The Morgan fingerprint density at radius 3 is 3.07 bits per heavy atom. The van der Waals surface area contributed by atoms with Crippen LogP contribution in [0.2, 0.25) is 0 Å². The van der Waals surface area contributed by atoms with Crippen LogP contribution in [0.15, 0.2) is 6.33 Å². The Hall–Kier alpha value is -1.63. The van der Waals surface area contributed by atoms with E-state index < -0.39 is 0 Å². The van der Waals surface area contributed by atoms with Crippen LogP contribution >= 0.6 is 0 Å². The van der Waals surface area contributed by atoms with Gasteiger partial charge in [0, 0.05) is 13.1 Å². The Morgan fingerprint density at radius 1 is 1.60 bits per heavy atom. The highest BCUT2D eigenvalue weighted by molar-refractivity contribution is 5.74. The minimum Gasteiger partial charge on any atom is -0.378 e. The number of urea groups is 1. The molecule has 82 valence electrons. The zero-order chi connectivity index (χ0) is 10.5. The SMILES string of the molecule is O=C(NCc1ncn[nH]1)N1CCOCC1. The zero-order valence-electron chi connectivity index (χ0n) is 8.27. The minimum absolute atomic E-state index is 0.0882. The molecule has 1 aromatic rings. The maximum atomic E-state index is 11.6. The zero-order valence-corrected chi connectivity index (χ0v) is 8.27. The van der Waals surface area contributed by atoms with Crippen molar-refractivity contribution in [3.63, 3.8) is 0 Å². The van der Waals surface area contributed by atoms with Crippen LogP contribution < -0.4 is 5.32 Å². The number of amides is 2. The standard InChI is InChI=1S/C8H13N5O2/c14-8(13-1-3-15-4-2-13)9-5-7-10-6-11-12-7/h6H,1-5H2,(H,9,14)(H,10,11,12). The molecule has 0 aliphatic carbocycles. The lowest BCUT2D eigenvalue weighted by Gasteiger charge is -2.26. The molecule has 1 aromatic heterocycles. The van der Waals surface area contributed by atoms with Crippen molar-refractivity contribution in [2.45, 2.75) is 6.54 Å². The third-order valence-electron chi connectivity index (χ3n) is 2.17. The largest absolute Gasteiger partial charge is 0.378 e. The van der Waals surface area contributed by atoms with E-state index in [1.807, 2.05) is 0 Å². The number of ether oxygens (including phenoxy) is 1. The monoisotopic (exact) mass is 211 g/mol. The number of aromatic nitrogens is 3. The van der Waals surface area contributed by atoms with Crippen LogP contribution in [-0.2, 0) is 11.3 Å². The molecule has 2 amide bonds. The van der Waals surface area contributed by atoms with Gasteiger partial charge in [-0.1, -0.05) is 0 Å². The number of carbonyl (C=O) groups is 1. The highest BCUT2D eigenvalue weighted by atomic mass is 16.5. The lowest BCUT2D eigenvalue weighted by Crippen LogP contribution is -2.46. The first kappa shape index (κ1) is 9.91. The first-order valence-electron chi connectivity index (χ1n) is 4.81. The summed E-state index contributed by atoms with van der Waals surface area (Å²) in [7, 11) is 0. The number of carbonyl (C=O) groups excluding carboxylic acids is 1. The van der Waals surface area contributed by atoms with E-state index in [9.17, 15) is 4.79 Å². The number of H-pyrrole nitrogens is 1. The Labute approximate surface area is 86.8 Å². The number of nitrogens with zero attached hydrogens (tertiary/aromatic N) is 3. The van der Waals surface area contributed by atoms with E-state index in [-0.39, 0.29) is 6.03 Å². The molecule has 0 radical (unpaired) electrons. The van der Waals surface area contributed by atoms with Gasteiger partial charge >= 0.3 is 6.03 Å². The van der Waals surface area contributed by atoms with Gasteiger partial charge in [-0.2, -0.15) is 5.10 Å². The molecule has 0 spiro atoms. The lowest BCUT2D eigenvalue weighted by molar-refractivity contribution is 0.0531. The van der Waals surface area contributed by atoms with Gasteiger partial charge in [0.25, 0.3) is 0 Å². The average molecular weight is 211 g/mol. The summed E-state index contributed by atoms with van der Waals surface area (Å²) in [6.45, 7) is 2.87. The minimum atomic E-state index is -0.0882. The molecular weight excluding hydrogens is 198 g/mol. The second-order valence-corrected chi connectivity index (χ2v) is 3.19. The van der Waals surface area contributed by atoms with Crippen molar-refractivity contribution in [1.82, 2.24) is 25.4 Å². The van der Waals surface area contributed by atoms with Gasteiger partial charge in [-0.15, -0.1) is 0 Å². The normalized spacial score (nSPS) is 16.4. The Balaban J connectivity index is 1.76. The summed E-state index contributed by atoms with van der Waals surface area (Å²) in [4.78, 5) is 17.2. The van der Waals surface area contributed by atoms with Crippen LogP contribution in [0.25, 0.3) is 0 Å². The number of hydrogen-bond donors (Lipinski definition) is 2. The van der Waals surface area contributed by atoms with E-state index in [2.05, 4.69) is 20.5 Å². The van der Waals surface area contributed by atoms with Crippen molar-refractivity contribution in [3.8, 4) is 0 Å². The van der Waals surface area contributed by atoms with Crippen molar-refractivity contribution < 1.29 is 9.53 Å². The molecule has 0 atom stereocenters. The fourth-order valence-corrected chi connectivity index (χ4v) is 1.35. The average Bonchev–Trinajstić information content (AvgIpc) is 2.80. The fraction of sp³-hybridized carbons (Fsp3) is 0.625. The van der Waals surface area contributed by atoms with E-state index in [1.54, 1.807) is 4.90 Å². The van der Waals surface area contributed by atoms with Crippen LogP contribution in [0, 0.1) is 0 Å². The van der Waals surface area contributed by atoms with E-state index >= 15 is 0 Å². The molecule has 1 aliphatic heterocycles. The van der Waals surface area contributed by atoms with Crippen molar-refractivity contribution in [2.75, 3.05) is 26.3 Å². The molecule has 0 bridgehead atoms. The molecule has 1 fully saturated rings. The molecule has 15 heavy (non-hydrogen) atoms. The first-order valence-corrected chi connectivity index (χ1v) is 4.81. The number of nitrogens with one attached hydrogen (secondary N) is 2. The summed E-state index contributed by atoms with van der Waals surface area (Å²) in [5.41, 5.74) is 0. The molecule has 0 unspecified atom stereocenters. The number of aromatic amines is 1. The predicted molar refractivity (Wildman–Crippen MR) is 51.0 cm³/mol. The van der Waals surface area contributed by atoms with Crippen molar-refractivity contribution in [3.05, 3.63) is 12.2 Å². The molecule has 0 aromatic carbocycles. The van der Waals surface area contributed by atoms with Gasteiger partial charge in [-0.05, 0) is 0 Å². The molecule has 7 heteroatoms. The van der Waals surface area contributed by atoms with Crippen LogP contribution in [-0.4, -0.2) is 52.4 Å². The molecule has 2 heterocycles. The fourth-order valence-electron chi connectivity index (χ4n) is 1.35. The van der Waals surface area contributed by atoms with E-state index in [4.69, 9.17) is 4.74 Å². The van der Waals surface area contributed by atoms with Gasteiger partial charge < -0.3 is 15.0 Å². The number of morpholine rings is 1. The van der Waals surface area contributed by atoms with Gasteiger partial charge in [0.1, 0.15) is 12.2 Å². The Kier molecular flexibility index (Phi) is 3.13. The molecular formula is C8H13N5O2. The predicted octanol–water partition coefficient (Wildman–Crippen LogP) is -0.653. The molecule has 7 nitrogen and oxygen atoms in total. The van der Waals surface area contributed by atoms with Crippen LogP contribution in [0.3, 0.4) is 0 Å². The highest BCUT2D eigenvalue weighted by Gasteiger charge is 2.16. The number of rotatable bonds is 2. The Bertz CT molecular complexity index is 307. The molecule has 0 saturated carbocycles. The van der Waals surface area contributed by atoms with Crippen molar-refractivity contribution in [1.29, 1.82) is 0 Å². The van der Waals surface area contributed by atoms with E-state index in [0.717, 1.165) is 0 Å². The summed E-state index contributed by atoms with van der Waals surface area (Å²) >= 11 is 0. The first-order chi connectivity index (χ1) is 7.36. The van der Waals surface area contributed by atoms with Crippen LogP contribution in [0.4, 0.5) is 4.79 Å². The second-order valence-electron chi connectivity index (χ2n) is 3.19. The second kappa shape index (κ2) is 4.74. The van der Waals surface area contributed by atoms with Crippen molar-refractivity contribution in [2.24, 2.45) is 0 Å². The van der Waals surface area contributed by atoms with Gasteiger partial charge in [-0.25, -0.2) is 9.78 Å².